The lowest BCUT2D eigenvalue weighted by Crippen LogP contribution is -1.99. The highest BCUT2D eigenvalue weighted by atomic mass is 79.9. The van der Waals surface area contributed by atoms with Crippen molar-refractivity contribution in [3.8, 4) is 0 Å². The fourth-order valence-electron chi connectivity index (χ4n) is 1.64. The molecular formula is C10H7BrN4OS. The van der Waals surface area contributed by atoms with Crippen LogP contribution >= 0.6 is 28.1 Å². The molecule has 0 atom stereocenters. The van der Waals surface area contributed by atoms with Crippen LogP contribution in [0.1, 0.15) is 5.76 Å². The van der Waals surface area contributed by atoms with Crippen molar-refractivity contribution in [3.05, 3.63) is 39.5 Å². The van der Waals surface area contributed by atoms with Crippen LogP contribution in [0.2, 0.25) is 0 Å². The summed E-state index contributed by atoms with van der Waals surface area (Å²) >= 11 is 8.63. The van der Waals surface area contributed by atoms with E-state index in [1.54, 1.807) is 18.5 Å². The molecule has 0 amide bonds. The first-order chi connectivity index (χ1) is 8.24. The summed E-state index contributed by atoms with van der Waals surface area (Å²) in [4.78, 5) is 7.44. The van der Waals surface area contributed by atoms with Crippen LogP contribution in [0.15, 0.2) is 33.5 Å². The highest BCUT2D eigenvalue weighted by Crippen LogP contribution is 2.17. The Morgan fingerprint density at radius 1 is 1.53 bits per heavy atom. The van der Waals surface area contributed by atoms with Gasteiger partial charge in [-0.1, -0.05) is 5.16 Å². The van der Waals surface area contributed by atoms with Crippen molar-refractivity contribution < 1.29 is 4.52 Å². The van der Waals surface area contributed by atoms with E-state index in [9.17, 15) is 0 Å². The van der Waals surface area contributed by atoms with Gasteiger partial charge in [0.15, 0.2) is 16.2 Å². The minimum Gasteiger partial charge on any atom is -0.359 e. The normalized spacial score (nSPS) is 11.1. The van der Waals surface area contributed by atoms with E-state index in [2.05, 4.69) is 31.1 Å². The zero-order valence-corrected chi connectivity index (χ0v) is 11.0. The van der Waals surface area contributed by atoms with Crippen molar-refractivity contribution in [2.45, 2.75) is 6.54 Å². The molecular weight excluding hydrogens is 304 g/mol. The lowest BCUT2D eigenvalue weighted by atomic mass is 10.4. The Bertz CT molecular complexity index is 716. The van der Waals surface area contributed by atoms with E-state index in [1.165, 1.54) is 0 Å². The molecule has 3 rings (SSSR count). The number of rotatable bonds is 2. The number of nitrogens with zero attached hydrogens (tertiary/aromatic N) is 3. The van der Waals surface area contributed by atoms with Crippen LogP contribution in [0.5, 0.6) is 0 Å². The maximum absolute atomic E-state index is 5.26. The summed E-state index contributed by atoms with van der Waals surface area (Å²) in [5.74, 6) is 0.742. The van der Waals surface area contributed by atoms with Gasteiger partial charge < -0.3 is 9.51 Å². The van der Waals surface area contributed by atoms with Gasteiger partial charge in [-0.05, 0) is 34.2 Å². The SMILES string of the molecule is S=c1[nH]c2cc(Br)cnc2n1Cc1ccno1. The minimum atomic E-state index is 0.521. The van der Waals surface area contributed by atoms with Gasteiger partial charge in [0.05, 0.1) is 18.3 Å². The summed E-state index contributed by atoms with van der Waals surface area (Å²) in [5, 5.41) is 3.67. The molecule has 0 aliphatic rings. The summed E-state index contributed by atoms with van der Waals surface area (Å²) in [6.45, 7) is 0.521. The summed E-state index contributed by atoms with van der Waals surface area (Å²) in [5.41, 5.74) is 1.69. The quantitative estimate of drug-likeness (QED) is 0.739. The zero-order chi connectivity index (χ0) is 11.8. The van der Waals surface area contributed by atoms with Crippen LogP contribution in [0.25, 0.3) is 11.2 Å². The third-order valence-corrected chi connectivity index (χ3v) is 3.14. The van der Waals surface area contributed by atoms with Gasteiger partial charge in [0.1, 0.15) is 0 Å². The predicted molar refractivity (Wildman–Crippen MR) is 68.2 cm³/mol. The van der Waals surface area contributed by atoms with Crippen LogP contribution in [0, 0.1) is 4.77 Å². The Hall–Kier alpha value is -1.47. The second-order valence-corrected chi connectivity index (χ2v) is 4.82. The molecule has 0 aliphatic heterocycles. The van der Waals surface area contributed by atoms with Gasteiger partial charge >= 0.3 is 0 Å². The molecule has 5 nitrogen and oxygen atoms in total. The second kappa shape index (κ2) is 4.08. The van der Waals surface area contributed by atoms with E-state index < -0.39 is 0 Å². The average Bonchev–Trinajstić information content (AvgIpc) is 2.88. The van der Waals surface area contributed by atoms with Crippen molar-refractivity contribution in [2.24, 2.45) is 0 Å². The maximum Gasteiger partial charge on any atom is 0.179 e. The molecule has 0 saturated heterocycles. The third-order valence-electron chi connectivity index (χ3n) is 2.38. The first-order valence-electron chi connectivity index (χ1n) is 4.87. The number of pyridine rings is 1. The largest absolute Gasteiger partial charge is 0.359 e. The van der Waals surface area contributed by atoms with Gasteiger partial charge in [-0.25, -0.2) is 4.98 Å². The van der Waals surface area contributed by atoms with E-state index in [4.69, 9.17) is 16.7 Å². The summed E-state index contributed by atoms with van der Waals surface area (Å²) in [7, 11) is 0. The summed E-state index contributed by atoms with van der Waals surface area (Å²) in [6.07, 6.45) is 3.35. The number of aromatic amines is 1. The van der Waals surface area contributed by atoms with Crippen LogP contribution in [-0.4, -0.2) is 19.7 Å². The van der Waals surface area contributed by atoms with Crippen molar-refractivity contribution in [2.75, 3.05) is 0 Å². The molecule has 0 spiro atoms. The van der Waals surface area contributed by atoms with E-state index in [0.29, 0.717) is 11.3 Å². The summed E-state index contributed by atoms with van der Waals surface area (Å²) < 4.78 is 8.46. The molecule has 3 heterocycles. The number of imidazole rings is 1. The molecule has 1 N–H and O–H groups in total. The van der Waals surface area contributed by atoms with Gasteiger partial charge in [0.2, 0.25) is 0 Å². The number of aromatic nitrogens is 4. The van der Waals surface area contributed by atoms with Gasteiger partial charge in [-0.15, -0.1) is 0 Å². The third kappa shape index (κ3) is 1.91. The Morgan fingerprint density at radius 2 is 2.41 bits per heavy atom. The second-order valence-electron chi connectivity index (χ2n) is 3.52. The van der Waals surface area contributed by atoms with Gasteiger partial charge in [-0.2, -0.15) is 0 Å². The Morgan fingerprint density at radius 3 is 3.18 bits per heavy atom. The van der Waals surface area contributed by atoms with Crippen molar-refractivity contribution in [3.63, 3.8) is 0 Å². The number of hydrogen-bond acceptors (Lipinski definition) is 4. The van der Waals surface area contributed by atoms with Crippen LogP contribution in [0.3, 0.4) is 0 Å². The van der Waals surface area contributed by atoms with E-state index in [-0.39, 0.29) is 0 Å². The fraction of sp³-hybridized carbons (Fsp3) is 0.100. The van der Waals surface area contributed by atoms with Gasteiger partial charge in [0.25, 0.3) is 0 Å². The van der Waals surface area contributed by atoms with Crippen molar-refractivity contribution in [1.29, 1.82) is 0 Å². The first-order valence-corrected chi connectivity index (χ1v) is 6.08. The monoisotopic (exact) mass is 310 g/mol. The fourth-order valence-corrected chi connectivity index (χ4v) is 2.24. The molecule has 3 aromatic rings. The molecule has 17 heavy (non-hydrogen) atoms. The molecule has 0 aliphatic carbocycles. The molecule has 7 heteroatoms. The molecule has 0 fully saturated rings. The molecule has 0 radical (unpaired) electrons. The van der Waals surface area contributed by atoms with Crippen LogP contribution in [-0.2, 0) is 6.54 Å². The molecule has 3 aromatic heterocycles. The van der Waals surface area contributed by atoms with Gasteiger partial charge in [0, 0.05) is 16.7 Å². The van der Waals surface area contributed by atoms with E-state index in [0.717, 1.165) is 21.4 Å². The topological polar surface area (TPSA) is 59.6 Å². The number of fused-ring (bicyclic) bond motifs is 1. The van der Waals surface area contributed by atoms with Crippen molar-refractivity contribution >= 4 is 39.3 Å². The number of H-pyrrole nitrogens is 1. The highest BCUT2D eigenvalue weighted by molar-refractivity contribution is 9.10. The number of nitrogens with one attached hydrogen (secondary N) is 1. The Kier molecular flexibility index (Phi) is 2.56. The number of halogens is 1. The van der Waals surface area contributed by atoms with E-state index in [1.807, 2.05) is 10.6 Å². The van der Waals surface area contributed by atoms with Crippen LogP contribution < -0.4 is 0 Å². The molecule has 0 bridgehead atoms. The zero-order valence-electron chi connectivity index (χ0n) is 8.55. The Labute approximate surface area is 110 Å². The summed E-state index contributed by atoms with van der Waals surface area (Å²) in [6, 6.07) is 3.74. The lowest BCUT2D eigenvalue weighted by molar-refractivity contribution is 0.377. The predicted octanol–water partition coefficient (Wildman–Crippen LogP) is 2.89. The molecule has 86 valence electrons. The smallest absolute Gasteiger partial charge is 0.179 e. The highest BCUT2D eigenvalue weighted by Gasteiger charge is 2.08. The molecule has 0 saturated carbocycles. The van der Waals surface area contributed by atoms with Crippen molar-refractivity contribution in [1.82, 2.24) is 19.7 Å². The molecule has 0 aromatic carbocycles. The number of hydrogen-bond donors (Lipinski definition) is 1. The maximum atomic E-state index is 5.26. The van der Waals surface area contributed by atoms with E-state index >= 15 is 0 Å². The Balaban J connectivity index is 2.16. The first kappa shape index (κ1) is 10.7. The van der Waals surface area contributed by atoms with Gasteiger partial charge in [-0.3, -0.25) is 4.57 Å². The average molecular weight is 311 g/mol. The van der Waals surface area contributed by atoms with Crippen LogP contribution in [0.4, 0.5) is 0 Å². The molecule has 0 unspecified atom stereocenters. The standard InChI is InChI=1S/C10H7BrN4OS/c11-6-3-8-9(12-4-6)15(10(17)14-8)5-7-1-2-13-16-7/h1-4H,5H2,(H,14,17). The minimum absolute atomic E-state index is 0.521. The lowest BCUT2D eigenvalue weighted by Gasteiger charge is -1.99.